The SMILES string of the molecule is NC1(N)Sc2nc3ccccc3nc2S1. The van der Waals surface area contributed by atoms with Crippen LogP contribution in [0.15, 0.2) is 34.3 Å². The molecule has 76 valence electrons. The molecular weight excluding hydrogens is 228 g/mol. The van der Waals surface area contributed by atoms with Crippen molar-refractivity contribution in [2.75, 3.05) is 0 Å². The molecule has 0 radical (unpaired) electrons. The molecule has 3 rings (SSSR count). The van der Waals surface area contributed by atoms with Crippen molar-refractivity contribution in [3.8, 4) is 0 Å². The Morgan fingerprint density at radius 1 is 0.933 bits per heavy atom. The van der Waals surface area contributed by atoms with Gasteiger partial charge in [-0.05, 0) is 12.1 Å². The fourth-order valence-corrected chi connectivity index (χ4v) is 3.47. The number of benzene rings is 1. The van der Waals surface area contributed by atoms with E-state index in [0.717, 1.165) is 21.1 Å². The van der Waals surface area contributed by atoms with Crippen LogP contribution in [0.4, 0.5) is 0 Å². The molecule has 1 aromatic heterocycles. The highest BCUT2D eigenvalue weighted by molar-refractivity contribution is 8.20. The van der Waals surface area contributed by atoms with E-state index in [0.29, 0.717) is 0 Å². The van der Waals surface area contributed by atoms with Crippen LogP contribution in [0.2, 0.25) is 0 Å². The molecule has 0 saturated heterocycles. The number of thioether (sulfide) groups is 2. The number of aromatic nitrogens is 2. The van der Waals surface area contributed by atoms with E-state index in [4.69, 9.17) is 11.5 Å². The monoisotopic (exact) mass is 236 g/mol. The van der Waals surface area contributed by atoms with Crippen LogP contribution in [0.1, 0.15) is 0 Å². The van der Waals surface area contributed by atoms with Gasteiger partial charge in [0, 0.05) is 0 Å². The molecule has 4 nitrogen and oxygen atoms in total. The Kier molecular flexibility index (Phi) is 1.93. The van der Waals surface area contributed by atoms with Crippen LogP contribution in [0, 0.1) is 0 Å². The maximum absolute atomic E-state index is 5.81. The molecule has 0 aliphatic carbocycles. The van der Waals surface area contributed by atoms with E-state index >= 15 is 0 Å². The van der Waals surface area contributed by atoms with Crippen molar-refractivity contribution in [2.24, 2.45) is 11.5 Å². The summed E-state index contributed by atoms with van der Waals surface area (Å²) < 4.78 is -0.834. The minimum atomic E-state index is -0.834. The lowest BCUT2D eigenvalue weighted by Gasteiger charge is -2.11. The fraction of sp³-hybridized carbons (Fsp3) is 0.111. The van der Waals surface area contributed by atoms with Gasteiger partial charge in [-0.2, -0.15) is 0 Å². The van der Waals surface area contributed by atoms with Crippen LogP contribution in [0.25, 0.3) is 11.0 Å². The largest absolute Gasteiger partial charge is 0.295 e. The second-order valence-electron chi connectivity index (χ2n) is 3.25. The molecule has 0 fully saturated rings. The van der Waals surface area contributed by atoms with Crippen LogP contribution in [-0.4, -0.2) is 14.3 Å². The fourth-order valence-electron chi connectivity index (χ4n) is 1.42. The topological polar surface area (TPSA) is 77.8 Å². The second-order valence-corrected chi connectivity index (χ2v) is 6.04. The summed E-state index contributed by atoms with van der Waals surface area (Å²) in [4.78, 5) is 8.94. The lowest BCUT2D eigenvalue weighted by molar-refractivity contribution is 0.919. The molecule has 0 atom stereocenters. The van der Waals surface area contributed by atoms with Gasteiger partial charge in [0.2, 0.25) is 0 Å². The van der Waals surface area contributed by atoms with Gasteiger partial charge in [-0.25, -0.2) is 9.97 Å². The first-order valence-corrected chi connectivity index (χ1v) is 6.00. The number of nitrogens with zero attached hydrogens (tertiary/aromatic N) is 2. The molecule has 0 unspecified atom stereocenters. The normalized spacial score (nSPS) is 18.0. The third-order valence-electron chi connectivity index (χ3n) is 2.02. The third kappa shape index (κ3) is 1.59. The van der Waals surface area contributed by atoms with Gasteiger partial charge in [0.15, 0.2) is 4.33 Å². The molecular formula is C9H8N4S2. The smallest absolute Gasteiger partial charge is 0.173 e. The van der Waals surface area contributed by atoms with Crippen molar-refractivity contribution >= 4 is 34.6 Å². The number of hydrogen-bond donors (Lipinski definition) is 2. The Morgan fingerprint density at radius 3 is 1.87 bits per heavy atom. The van der Waals surface area contributed by atoms with E-state index in [1.165, 1.54) is 23.5 Å². The number of fused-ring (bicyclic) bond motifs is 2. The predicted octanol–water partition coefficient (Wildman–Crippen LogP) is 1.36. The van der Waals surface area contributed by atoms with Crippen molar-refractivity contribution in [2.45, 2.75) is 14.4 Å². The highest BCUT2D eigenvalue weighted by Gasteiger charge is 2.34. The molecule has 1 aliphatic heterocycles. The summed E-state index contributed by atoms with van der Waals surface area (Å²) in [5.41, 5.74) is 13.4. The maximum Gasteiger partial charge on any atom is 0.173 e. The Labute approximate surface area is 94.8 Å². The first-order valence-electron chi connectivity index (χ1n) is 4.37. The number of nitrogens with two attached hydrogens (primary N) is 2. The minimum Gasteiger partial charge on any atom is -0.295 e. The van der Waals surface area contributed by atoms with Gasteiger partial charge in [-0.15, -0.1) is 0 Å². The third-order valence-corrected chi connectivity index (χ3v) is 4.24. The predicted molar refractivity (Wildman–Crippen MR) is 62.4 cm³/mol. The first kappa shape index (κ1) is 9.41. The summed E-state index contributed by atoms with van der Waals surface area (Å²) in [6.07, 6.45) is 0. The first-order chi connectivity index (χ1) is 7.14. The standard InChI is InChI=1S/C9H8N4S2/c10-9(11)14-7-8(15-9)13-6-4-2-1-3-5(6)12-7/h1-4H,10-11H2. The molecule has 0 bridgehead atoms. The molecule has 0 spiro atoms. The second kappa shape index (κ2) is 3.08. The Balaban J connectivity index is 2.23. The van der Waals surface area contributed by atoms with Crippen LogP contribution in [-0.2, 0) is 0 Å². The Hall–Kier alpha value is -0.820. The zero-order valence-electron chi connectivity index (χ0n) is 7.68. The van der Waals surface area contributed by atoms with Gasteiger partial charge >= 0.3 is 0 Å². The molecule has 2 heterocycles. The van der Waals surface area contributed by atoms with Crippen LogP contribution < -0.4 is 11.5 Å². The lowest BCUT2D eigenvalue weighted by Crippen LogP contribution is -2.39. The van der Waals surface area contributed by atoms with Gasteiger partial charge in [-0.1, -0.05) is 35.7 Å². The highest BCUT2D eigenvalue weighted by atomic mass is 32.2. The van der Waals surface area contributed by atoms with Crippen molar-refractivity contribution in [3.05, 3.63) is 24.3 Å². The van der Waals surface area contributed by atoms with Crippen molar-refractivity contribution in [1.29, 1.82) is 0 Å². The summed E-state index contributed by atoms with van der Waals surface area (Å²) in [5.74, 6) is 0. The van der Waals surface area contributed by atoms with Gasteiger partial charge in [0.05, 0.1) is 11.0 Å². The Morgan fingerprint density at radius 2 is 1.40 bits per heavy atom. The summed E-state index contributed by atoms with van der Waals surface area (Å²) in [6, 6.07) is 7.74. The summed E-state index contributed by atoms with van der Waals surface area (Å²) in [6.45, 7) is 0. The molecule has 6 heteroatoms. The highest BCUT2D eigenvalue weighted by Crippen LogP contribution is 2.48. The van der Waals surface area contributed by atoms with E-state index < -0.39 is 4.33 Å². The van der Waals surface area contributed by atoms with E-state index in [1.54, 1.807) is 0 Å². The zero-order chi connectivity index (χ0) is 10.5. The molecule has 4 N–H and O–H groups in total. The van der Waals surface area contributed by atoms with Gasteiger partial charge in [-0.3, -0.25) is 11.5 Å². The molecule has 15 heavy (non-hydrogen) atoms. The lowest BCUT2D eigenvalue weighted by atomic mass is 10.3. The van der Waals surface area contributed by atoms with Gasteiger partial charge in [0.1, 0.15) is 10.1 Å². The van der Waals surface area contributed by atoms with Crippen LogP contribution in [0.3, 0.4) is 0 Å². The van der Waals surface area contributed by atoms with Crippen molar-refractivity contribution < 1.29 is 0 Å². The van der Waals surface area contributed by atoms with E-state index in [2.05, 4.69) is 9.97 Å². The van der Waals surface area contributed by atoms with Crippen molar-refractivity contribution in [1.82, 2.24) is 9.97 Å². The molecule has 0 amide bonds. The summed E-state index contributed by atoms with van der Waals surface area (Å²) >= 11 is 2.71. The van der Waals surface area contributed by atoms with E-state index in [-0.39, 0.29) is 0 Å². The molecule has 0 saturated carbocycles. The van der Waals surface area contributed by atoms with Crippen LogP contribution in [0.5, 0.6) is 0 Å². The maximum atomic E-state index is 5.81. The summed E-state index contributed by atoms with van der Waals surface area (Å²) in [7, 11) is 0. The Bertz CT molecular complexity index is 494. The zero-order valence-corrected chi connectivity index (χ0v) is 9.31. The quantitative estimate of drug-likeness (QED) is 0.672. The van der Waals surface area contributed by atoms with Gasteiger partial charge in [0.25, 0.3) is 0 Å². The van der Waals surface area contributed by atoms with Crippen molar-refractivity contribution in [3.63, 3.8) is 0 Å². The van der Waals surface area contributed by atoms with E-state index in [1.807, 2.05) is 24.3 Å². The molecule has 1 aliphatic rings. The molecule has 2 aromatic rings. The number of hydrogen-bond acceptors (Lipinski definition) is 6. The van der Waals surface area contributed by atoms with E-state index in [9.17, 15) is 0 Å². The number of para-hydroxylation sites is 2. The van der Waals surface area contributed by atoms with Gasteiger partial charge < -0.3 is 0 Å². The number of rotatable bonds is 0. The van der Waals surface area contributed by atoms with Crippen LogP contribution >= 0.6 is 23.5 Å². The minimum absolute atomic E-state index is 0.823. The summed E-state index contributed by atoms with van der Waals surface area (Å²) in [5, 5.41) is 1.65. The average Bonchev–Trinajstić information content (AvgIpc) is 2.46. The molecule has 1 aromatic carbocycles. The average molecular weight is 236 g/mol.